The lowest BCUT2D eigenvalue weighted by Crippen LogP contribution is -2.59. The summed E-state index contributed by atoms with van der Waals surface area (Å²) in [7, 11) is 0.839. The Morgan fingerprint density at radius 3 is 2.29 bits per heavy atom. The number of hydrogen-bond donors (Lipinski definition) is 0. The van der Waals surface area contributed by atoms with Gasteiger partial charge in [0.25, 0.3) is 11.5 Å². The summed E-state index contributed by atoms with van der Waals surface area (Å²) >= 11 is 0. The van der Waals surface area contributed by atoms with Crippen LogP contribution in [0.25, 0.3) is 0 Å². The molecule has 1 fully saturated rings. The molecule has 1 saturated heterocycles. The summed E-state index contributed by atoms with van der Waals surface area (Å²) in [5, 5.41) is 10.2. The molecule has 1 aliphatic rings. The van der Waals surface area contributed by atoms with Gasteiger partial charge in [0.15, 0.2) is 0 Å². The third-order valence-electron chi connectivity index (χ3n) is 7.33. The third-order valence-corrected chi connectivity index (χ3v) is 7.33. The van der Waals surface area contributed by atoms with Crippen LogP contribution >= 0.6 is 0 Å². The van der Waals surface area contributed by atoms with Crippen molar-refractivity contribution in [3.05, 3.63) is 71.0 Å². The number of ether oxygens (including phenoxy) is 2. The minimum absolute atomic E-state index is 0.0260. The van der Waals surface area contributed by atoms with E-state index >= 15 is 0 Å². The zero-order valence-corrected chi connectivity index (χ0v) is 21.5. The molecule has 1 heterocycles. The molecule has 0 aromatic heterocycles. The molecule has 1 amide bonds. The normalized spacial score (nSPS) is 17.7. The number of carbonyl (C=O) groups is 2. The predicted octanol–water partition coefficient (Wildman–Crippen LogP) is 5.41. The van der Waals surface area contributed by atoms with E-state index in [1.807, 2.05) is 0 Å². The van der Waals surface area contributed by atoms with Crippen LogP contribution in [-0.2, 0) is 24.7 Å². The van der Waals surface area contributed by atoms with E-state index in [-0.39, 0.29) is 44.5 Å². The topological polar surface area (TPSA) is 79.6 Å². The number of carbonyl (C=O) groups excluding carboxylic acids is 2. The molecule has 1 aliphatic heterocycles. The third kappa shape index (κ3) is 5.39. The van der Waals surface area contributed by atoms with Crippen molar-refractivity contribution in [2.45, 2.75) is 50.8 Å². The SMILES string of the molecule is CCOC(=O)CC1(C(C#N)c2cc(F)ccc2C)CCN(C(=O)[C@](OC)(c2ccccc2)C(F)(F)F)CC1. The van der Waals surface area contributed by atoms with Gasteiger partial charge in [0, 0.05) is 31.2 Å². The van der Waals surface area contributed by atoms with E-state index in [1.54, 1.807) is 13.8 Å². The maximum atomic E-state index is 14.4. The van der Waals surface area contributed by atoms with Crippen LogP contribution in [0.1, 0.15) is 48.8 Å². The molecular formula is C28H30F4N2O4. The highest BCUT2D eigenvalue weighted by Gasteiger charge is 2.64. The zero-order valence-electron chi connectivity index (χ0n) is 21.5. The van der Waals surface area contributed by atoms with E-state index in [4.69, 9.17) is 9.47 Å². The van der Waals surface area contributed by atoms with Gasteiger partial charge in [-0.05, 0) is 49.9 Å². The molecule has 0 saturated carbocycles. The van der Waals surface area contributed by atoms with E-state index in [0.29, 0.717) is 11.1 Å². The summed E-state index contributed by atoms with van der Waals surface area (Å²) in [6, 6.07) is 12.9. The van der Waals surface area contributed by atoms with Crippen molar-refractivity contribution in [2.75, 3.05) is 26.8 Å². The Morgan fingerprint density at radius 2 is 1.76 bits per heavy atom. The number of halogens is 4. The van der Waals surface area contributed by atoms with Crippen molar-refractivity contribution in [3.8, 4) is 6.07 Å². The molecule has 2 atom stereocenters. The average Bonchev–Trinajstić information content (AvgIpc) is 2.87. The minimum atomic E-state index is -5.06. The van der Waals surface area contributed by atoms with Crippen molar-refractivity contribution in [2.24, 2.45) is 5.41 Å². The quantitative estimate of drug-likeness (QED) is 0.334. The van der Waals surface area contributed by atoms with Crippen molar-refractivity contribution in [1.29, 1.82) is 5.26 Å². The first-order valence-corrected chi connectivity index (χ1v) is 12.2. The molecule has 6 nitrogen and oxygen atoms in total. The van der Waals surface area contributed by atoms with Crippen LogP contribution in [0.3, 0.4) is 0 Å². The van der Waals surface area contributed by atoms with Crippen LogP contribution in [0.2, 0.25) is 0 Å². The number of methoxy groups -OCH3 is 1. The van der Waals surface area contributed by atoms with Crippen LogP contribution in [0, 0.1) is 29.5 Å². The van der Waals surface area contributed by atoms with Crippen molar-refractivity contribution >= 4 is 11.9 Å². The largest absolute Gasteiger partial charge is 0.466 e. The van der Waals surface area contributed by atoms with E-state index in [0.717, 1.165) is 12.0 Å². The molecule has 0 N–H and O–H groups in total. The van der Waals surface area contributed by atoms with Crippen molar-refractivity contribution in [1.82, 2.24) is 4.90 Å². The zero-order chi connectivity index (χ0) is 28.1. The van der Waals surface area contributed by atoms with E-state index in [9.17, 15) is 32.4 Å². The molecule has 3 rings (SSSR count). The summed E-state index contributed by atoms with van der Waals surface area (Å²) in [5.41, 5.74) is -3.63. The second-order valence-corrected chi connectivity index (χ2v) is 9.45. The lowest BCUT2D eigenvalue weighted by atomic mass is 9.64. The summed E-state index contributed by atoms with van der Waals surface area (Å²) in [6.45, 7) is 3.12. The number of benzene rings is 2. The van der Waals surface area contributed by atoms with Crippen molar-refractivity contribution < 1.29 is 36.6 Å². The monoisotopic (exact) mass is 534 g/mol. The highest BCUT2D eigenvalue weighted by molar-refractivity contribution is 5.88. The number of rotatable bonds is 8. The van der Waals surface area contributed by atoms with E-state index in [1.165, 1.54) is 48.5 Å². The Morgan fingerprint density at radius 1 is 1.13 bits per heavy atom. The van der Waals surface area contributed by atoms with Gasteiger partial charge in [-0.25, -0.2) is 4.39 Å². The fourth-order valence-electron chi connectivity index (χ4n) is 5.31. The molecule has 2 aromatic carbocycles. The molecular weight excluding hydrogens is 504 g/mol. The molecule has 10 heteroatoms. The first-order valence-electron chi connectivity index (χ1n) is 12.2. The number of esters is 1. The number of alkyl halides is 3. The molecule has 2 aromatic rings. The van der Waals surface area contributed by atoms with Crippen LogP contribution < -0.4 is 0 Å². The predicted molar refractivity (Wildman–Crippen MR) is 130 cm³/mol. The number of likely N-dealkylation sites (tertiary alicyclic amines) is 1. The number of nitriles is 1. The van der Waals surface area contributed by atoms with Gasteiger partial charge in [-0.15, -0.1) is 0 Å². The van der Waals surface area contributed by atoms with Crippen LogP contribution in [-0.4, -0.2) is 49.8 Å². The van der Waals surface area contributed by atoms with Crippen LogP contribution in [0.4, 0.5) is 17.6 Å². The number of nitrogens with zero attached hydrogens (tertiary/aromatic N) is 2. The van der Waals surface area contributed by atoms with Gasteiger partial charge in [-0.2, -0.15) is 18.4 Å². The maximum absolute atomic E-state index is 14.4. The van der Waals surface area contributed by atoms with E-state index in [2.05, 4.69) is 6.07 Å². The molecule has 0 spiro atoms. The van der Waals surface area contributed by atoms with Gasteiger partial charge in [0.05, 0.1) is 25.0 Å². The van der Waals surface area contributed by atoms with Gasteiger partial charge in [-0.1, -0.05) is 36.4 Å². The Hall–Kier alpha value is -3.45. The number of hydrogen-bond acceptors (Lipinski definition) is 5. The Kier molecular flexibility index (Phi) is 8.82. The lowest BCUT2D eigenvalue weighted by Gasteiger charge is -2.46. The molecule has 38 heavy (non-hydrogen) atoms. The van der Waals surface area contributed by atoms with Gasteiger partial charge in [0.2, 0.25) is 0 Å². The number of amides is 1. The first kappa shape index (κ1) is 29.1. The fraction of sp³-hybridized carbons (Fsp3) is 0.464. The molecule has 1 unspecified atom stereocenters. The minimum Gasteiger partial charge on any atom is -0.466 e. The molecule has 0 radical (unpaired) electrons. The summed E-state index contributed by atoms with van der Waals surface area (Å²) < 4.78 is 67.6. The van der Waals surface area contributed by atoms with Crippen LogP contribution in [0.15, 0.2) is 48.5 Å². The smallest absolute Gasteiger partial charge is 0.430 e. The number of piperidine rings is 1. The van der Waals surface area contributed by atoms with Gasteiger partial charge in [-0.3, -0.25) is 9.59 Å². The summed E-state index contributed by atoms with van der Waals surface area (Å²) in [4.78, 5) is 27.2. The second-order valence-electron chi connectivity index (χ2n) is 9.45. The van der Waals surface area contributed by atoms with Gasteiger partial charge < -0.3 is 14.4 Å². The Labute approximate surface area is 219 Å². The van der Waals surface area contributed by atoms with Crippen molar-refractivity contribution in [3.63, 3.8) is 0 Å². The summed E-state index contributed by atoms with van der Waals surface area (Å²) in [5.74, 6) is -3.36. The van der Waals surface area contributed by atoms with Crippen LogP contribution in [0.5, 0.6) is 0 Å². The maximum Gasteiger partial charge on any atom is 0.430 e. The highest BCUT2D eigenvalue weighted by Crippen LogP contribution is 2.50. The van der Waals surface area contributed by atoms with Gasteiger partial charge in [0.1, 0.15) is 5.82 Å². The molecule has 0 aliphatic carbocycles. The van der Waals surface area contributed by atoms with Gasteiger partial charge >= 0.3 is 12.1 Å². The number of aryl methyl sites for hydroxylation is 1. The molecule has 204 valence electrons. The summed E-state index contributed by atoms with van der Waals surface area (Å²) in [6.07, 6.45) is -5.21. The first-order chi connectivity index (χ1) is 18.0. The standard InChI is InChI=1S/C28H30F4N2O4/c1-4-38-24(35)17-26(23(18-33)22-16-21(29)11-10-19(22)2)12-14-34(15-13-26)25(36)27(37-3,28(30,31)32)20-8-6-5-7-9-20/h5-11,16,23H,4,12-15,17H2,1-3H3/t23?,27-/m1/s1. The Balaban J connectivity index is 2.00. The Bertz CT molecular complexity index is 1190. The highest BCUT2D eigenvalue weighted by atomic mass is 19.4. The van der Waals surface area contributed by atoms with E-state index < -0.39 is 40.8 Å². The second kappa shape index (κ2) is 11.5. The molecule has 0 bridgehead atoms. The fourth-order valence-corrected chi connectivity index (χ4v) is 5.31. The lowest BCUT2D eigenvalue weighted by molar-refractivity contribution is -0.271. The average molecular weight is 535 g/mol.